The molecular weight excluding hydrogens is 685 g/mol. The van der Waals surface area contributed by atoms with Crippen LogP contribution < -0.4 is 4.74 Å². The first-order chi connectivity index (χ1) is 27.5. The minimum Gasteiger partial charge on any atom is -0.457 e. The summed E-state index contributed by atoms with van der Waals surface area (Å²) in [6.45, 7) is 8.87. The largest absolute Gasteiger partial charge is 0.457 e. The second kappa shape index (κ2) is 14.8. The molecule has 0 radical (unpaired) electrons. The van der Waals surface area contributed by atoms with Crippen LogP contribution in [0.25, 0.3) is 67.0 Å². The van der Waals surface area contributed by atoms with Crippen LogP contribution in [-0.2, 0) is 19.3 Å². The van der Waals surface area contributed by atoms with Crippen molar-refractivity contribution in [1.82, 2.24) is 19.3 Å². The number of aryl methyl sites for hydroxylation is 4. The number of pyridine rings is 1. The summed E-state index contributed by atoms with van der Waals surface area (Å²) in [5.74, 6) is 2.36. The van der Waals surface area contributed by atoms with Crippen LogP contribution in [0, 0.1) is 6.92 Å². The summed E-state index contributed by atoms with van der Waals surface area (Å²) in [5, 5.41) is 7.84. The summed E-state index contributed by atoms with van der Waals surface area (Å²) in [7, 11) is 0. The van der Waals surface area contributed by atoms with Gasteiger partial charge in [0.2, 0.25) is 0 Å². The van der Waals surface area contributed by atoms with Gasteiger partial charge in [-0.3, -0.25) is 4.57 Å². The number of ether oxygens (including phenoxy) is 1. The summed E-state index contributed by atoms with van der Waals surface area (Å²) < 4.78 is 11.1. The van der Waals surface area contributed by atoms with Gasteiger partial charge in [0.15, 0.2) is 0 Å². The third kappa shape index (κ3) is 6.25. The summed E-state index contributed by atoms with van der Waals surface area (Å²) in [6, 6.07) is 53.4. The van der Waals surface area contributed by atoms with Crippen molar-refractivity contribution < 1.29 is 4.74 Å². The molecule has 0 aliphatic carbocycles. The Kier molecular flexibility index (Phi) is 9.28. The van der Waals surface area contributed by atoms with E-state index in [1.54, 1.807) is 0 Å². The molecular formula is C51H44N4O. The molecule has 5 nitrogen and oxygen atoms in total. The molecule has 9 aromatic rings. The first kappa shape index (κ1) is 35.0. The molecule has 9 rings (SSSR count). The highest BCUT2D eigenvalue weighted by Crippen LogP contribution is 2.45. The van der Waals surface area contributed by atoms with Gasteiger partial charge in [0.1, 0.15) is 23.0 Å². The minimum atomic E-state index is 0.728. The standard InChI is InChI=1S/C51H44N4O/c1-5-35-30-36(6-2)48(37(7-3)31-35)49-50(38-17-10-8-11-18-38)53-55(51(49)39-19-12-9-13-20-39)40-21-16-22-41(32-40)56-42-25-26-44-43-23-14-15-24-45(43)54(46(44)33-42)47-29-34(4)27-28-52-47/h8-33H,5-7H2,1-4H3. The Balaban J connectivity index is 1.22. The normalized spacial score (nSPS) is 11.4. The van der Waals surface area contributed by atoms with Crippen molar-refractivity contribution in [3.8, 4) is 56.6 Å². The smallest absolute Gasteiger partial charge is 0.137 e. The highest BCUT2D eigenvalue weighted by molar-refractivity contribution is 6.09. The van der Waals surface area contributed by atoms with E-state index in [0.717, 1.165) is 92.3 Å². The van der Waals surface area contributed by atoms with E-state index in [2.05, 4.69) is 176 Å². The molecule has 0 bridgehead atoms. The van der Waals surface area contributed by atoms with Crippen molar-refractivity contribution in [3.05, 3.63) is 180 Å². The van der Waals surface area contributed by atoms with Gasteiger partial charge < -0.3 is 4.74 Å². The van der Waals surface area contributed by atoms with Crippen LogP contribution in [0.5, 0.6) is 11.5 Å². The summed E-state index contributed by atoms with van der Waals surface area (Å²) in [5.41, 5.74) is 15.0. The fraction of sp³-hybridized carbons (Fsp3) is 0.137. The number of para-hydroxylation sites is 1. The molecule has 6 aromatic carbocycles. The zero-order valence-corrected chi connectivity index (χ0v) is 32.3. The number of aromatic nitrogens is 4. The average Bonchev–Trinajstić information content (AvgIpc) is 3.80. The van der Waals surface area contributed by atoms with Crippen molar-refractivity contribution >= 4 is 21.8 Å². The van der Waals surface area contributed by atoms with Crippen LogP contribution in [0.4, 0.5) is 0 Å². The number of benzene rings is 6. The maximum atomic E-state index is 6.73. The quantitative estimate of drug-likeness (QED) is 0.141. The molecule has 0 aliphatic heterocycles. The third-order valence-corrected chi connectivity index (χ3v) is 10.8. The maximum Gasteiger partial charge on any atom is 0.137 e. The van der Waals surface area contributed by atoms with Crippen LogP contribution in [0.1, 0.15) is 43.0 Å². The maximum absolute atomic E-state index is 6.73. The topological polar surface area (TPSA) is 44.9 Å². The van der Waals surface area contributed by atoms with Crippen molar-refractivity contribution in [2.75, 3.05) is 0 Å². The number of hydrogen-bond donors (Lipinski definition) is 0. The van der Waals surface area contributed by atoms with E-state index in [1.807, 2.05) is 18.3 Å². The Labute approximate surface area is 328 Å². The molecule has 0 spiro atoms. The Morgan fingerprint density at radius 1 is 0.554 bits per heavy atom. The van der Waals surface area contributed by atoms with Gasteiger partial charge in [0.05, 0.1) is 22.4 Å². The summed E-state index contributed by atoms with van der Waals surface area (Å²) >= 11 is 0. The number of fused-ring (bicyclic) bond motifs is 3. The van der Waals surface area contributed by atoms with Crippen LogP contribution in [0.15, 0.2) is 158 Å². The fourth-order valence-corrected chi connectivity index (χ4v) is 8.14. The van der Waals surface area contributed by atoms with E-state index in [1.165, 1.54) is 27.6 Å². The molecule has 3 heterocycles. The molecule has 0 saturated heterocycles. The minimum absolute atomic E-state index is 0.728. The van der Waals surface area contributed by atoms with Gasteiger partial charge >= 0.3 is 0 Å². The van der Waals surface area contributed by atoms with Crippen LogP contribution in [-0.4, -0.2) is 19.3 Å². The van der Waals surface area contributed by atoms with Gasteiger partial charge in [0.25, 0.3) is 0 Å². The molecule has 0 amide bonds. The molecule has 0 aliphatic rings. The van der Waals surface area contributed by atoms with Gasteiger partial charge in [0, 0.05) is 45.8 Å². The first-order valence-electron chi connectivity index (χ1n) is 19.7. The lowest BCUT2D eigenvalue weighted by molar-refractivity contribution is 0.483. The monoisotopic (exact) mass is 728 g/mol. The van der Waals surface area contributed by atoms with E-state index >= 15 is 0 Å². The molecule has 0 N–H and O–H groups in total. The van der Waals surface area contributed by atoms with Crippen molar-refractivity contribution in [2.45, 2.75) is 47.0 Å². The van der Waals surface area contributed by atoms with Gasteiger partial charge in [-0.15, -0.1) is 0 Å². The van der Waals surface area contributed by atoms with Crippen LogP contribution in [0.3, 0.4) is 0 Å². The highest BCUT2D eigenvalue weighted by atomic mass is 16.5. The lowest BCUT2D eigenvalue weighted by atomic mass is 9.86. The zero-order chi connectivity index (χ0) is 38.2. The Bertz CT molecular complexity index is 2820. The summed E-state index contributed by atoms with van der Waals surface area (Å²) in [4.78, 5) is 4.77. The third-order valence-electron chi connectivity index (χ3n) is 10.8. The van der Waals surface area contributed by atoms with Gasteiger partial charge in [-0.25, -0.2) is 9.67 Å². The van der Waals surface area contributed by atoms with Crippen LogP contribution in [0.2, 0.25) is 0 Å². The fourth-order valence-electron chi connectivity index (χ4n) is 8.14. The van der Waals surface area contributed by atoms with Gasteiger partial charge in [-0.05, 0) is 96.5 Å². The second-order valence-corrected chi connectivity index (χ2v) is 14.4. The lowest BCUT2D eigenvalue weighted by Gasteiger charge is -2.18. The van der Waals surface area contributed by atoms with Crippen molar-refractivity contribution in [2.24, 2.45) is 0 Å². The molecule has 0 saturated carbocycles. The van der Waals surface area contributed by atoms with E-state index < -0.39 is 0 Å². The van der Waals surface area contributed by atoms with E-state index in [9.17, 15) is 0 Å². The number of nitrogens with zero attached hydrogens (tertiary/aromatic N) is 4. The van der Waals surface area contributed by atoms with E-state index in [0.29, 0.717) is 0 Å². The Morgan fingerprint density at radius 3 is 1.95 bits per heavy atom. The summed E-state index contributed by atoms with van der Waals surface area (Å²) in [6.07, 6.45) is 4.73. The average molecular weight is 729 g/mol. The molecule has 0 fully saturated rings. The predicted octanol–water partition coefficient (Wildman–Crippen LogP) is 13.2. The van der Waals surface area contributed by atoms with Crippen LogP contribution >= 0.6 is 0 Å². The molecule has 0 unspecified atom stereocenters. The van der Waals surface area contributed by atoms with Crippen molar-refractivity contribution in [3.63, 3.8) is 0 Å². The zero-order valence-electron chi connectivity index (χ0n) is 32.3. The lowest BCUT2D eigenvalue weighted by Crippen LogP contribution is -2.02. The Morgan fingerprint density at radius 2 is 1.23 bits per heavy atom. The van der Waals surface area contributed by atoms with E-state index in [-0.39, 0.29) is 0 Å². The molecule has 274 valence electrons. The second-order valence-electron chi connectivity index (χ2n) is 14.4. The van der Waals surface area contributed by atoms with Crippen molar-refractivity contribution in [1.29, 1.82) is 0 Å². The van der Waals surface area contributed by atoms with Gasteiger partial charge in [-0.2, -0.15) is 5.10 Å². The molecule has 3 aromatic heterocycles. The molecule has 5 heteroatoms. The molecule has 56 heavy (non-hydrogen) atoms. The predicted molar refractivity (Wildman–Crippen MR) is 231 cm³/mol. The number of hydrogen-bond acceptors (Lipinski definition) is 3. The Hall–Kier alpha value is -6.72. The molecule has 0 atom stereocenters. The van der Waals surface area contributed by atoms with E-state index in [4.69, 9.17) is 14.8 Å². The highest BCUT2D eigenvalue weighted by Gasteiger charge is 2.27. The number of rotatable bonds is 10. The first-order valence-corrected chi connectivity index (χ1v) is 19.7. The SMILES string of the molecule is CCc1cc(CC)c(-c2c(-c3ccccc3)nn(-c3cccc(Oc4ccc5c6ccccc6n(-c6cc(C)ccn6)c5c4)c3)c2-c2ccccc2)c(CC)c1. The van der Waals surface area contributed by atoms with Gasteiger partial charge in [-0.1, -0.05) is 118 Å².